The van der Waals surface area contributed by atoms with E-state index in [1.54, 1.807) is 6.20 Å². The zero-order chi connectivity index (χ0) is 10.0. The normalized spacial score (nSPS) is 15.8. The fourth-order valence-electron chi connectivity index (χ4n) is 1.57. The van der Waals surface area contributed by atoms with E-state index in [-0.39, 0.29) is 0 Å². The lowest BCUT2D eigenvalue weighted by molar-refractivity contribution is 0.603. The highest BCUT2D eigenvalue weighted by Gasteiger charge is 2.15. The average molecular weight is 266 g/mol. The topological polar surface area (TPSA) is 17.8 Å². The van der Waals surface area contributed by atoms with Crippen LogP contribution in [0.4, 0.5) is 0 Å². The highest BCUT2D eigenvalue weighted by Crippen LogP contribution is 2.28. The van der Waals surface area contributed by atoms with Gasteiger partial charge in [-0.2, -0.15) is 5.10 Å². The second kappa shape index (κ2) is 4.47. The van der Waals surface area contributed by atoms with E-state index in [1.807, 2.05) is 11.7 Å². The van der Waals surface area contributed by atoms with Crippen LogP contribution in [-0.4, -0.2) is 14.6 Å². The number of hydrogen-bond acceptors (Lipinski definition) is 1. The molecular formula is C9H14BrClN2. The van der Waals surface area contributed by atoms with Gasteiger partial charge in [-0.1, -0.05) is 41.4 Å². The smallest absolute Gasteiger partial charge is 0.0820 e. The van der Waals surface area contributed by atoms with Crippen LogP contribution in [0.25, 0.3) is 0 Å². The van der Waals surface area contributed by atoms with E-state index < -0.39 is 0 Å². The number of aromatic nitrogens is 2. The van der Waals surface area contributed by atoms with Crippen LogP contribution in [0.3, 0.4) is 0 Å². The first kappa shape index (κ1) is 11.1. The molecule has 2 unspecified atom stereocenters. The van der Waals surface area contributed by atoms with Crippen LogP contribution in [0.2, 0.25) is 5.02 Å². The average Bonchev–Trinajstić information content (AvgIpc) is 2.29. The Balaban J connectivity index is 2.81. The van der Waals surface area contributed by atoms with E-state index in [9.17, 15) is 0 Å². The third kappa shape index (κ3) is 2.71. The second-order valence-corrected chi connectivity index (χ2v) is 5.39. The summed E-state index contributed by atoms with van der Waals surface area (Å²) in [5.74, 6) is 0.439. The zero-order valence-corrected chi connectivity index (χ0v) is 10.4. The predicted octanol–water partition coefficient (Wildman–Crippen LogP) is 3.35. The lowest BCUT2D eigenvalue weighted by atomic mass is 10.0. The summed E-state index contributed by atoms with van der Waals surface area (Å²) in [4.78, 5) is 0.508. The number of halogens is 2. The molecule has 1 aromatic rings. The molecule has 0 N–H and O–H groups in total. The Morgan fingerprint density at radius 2 is 2.23 bits per heavy atom. The minimum absolute atomic E-state index is 0.439. The zero-order valence-electron chi connectivity index (χ0n) is 8.09. The van der Waals surface area contributed by atoms with Crippen molar-refractivity contribution in [2.45, 2.75) is 31.0 Å². The molecule has 0 amide bonds. The van der Waals surface area contributed by atoms with Crippen molar-refractivity contribution < 1.29 is 0 Å². The maximum atomic E-state index is 6.02. The molecule has 1 heterocycles. The van der Waals surface area contributed by atoms with Gasteiger partial charge in [-0.15, -0.1) is 0 Å². The van der Waals surface area contributed by atoms with Gasteiger partial charge in [0.05, 0.1) is 16.9 Å². The first-order chi connectivity index (χ1) is 6.02. The first-order valence-corrected chi connectivity index (χ1v) is 5.63. The molecule has 74 valence electrons. The Morgan fingerprint density at radius 3 is 2.62 bits per heavy atom. The standard InChI is InChI=1S/C9H14BrClN2/c1-6(4-7(2)10)9-8(11)5-12-13(9)3/h5-7H,4H2,1-3H3. The van der Waals surface area contributed by atoms with Crippen LogP contribution >= 0.6 is 27.5 Å². The van der Waals surface area contributed by atoms with Crippen molar-refractivity contribution in [3.8, 4) is 0 Å². The largest absolute Gasteiger partial charge is 0.271 e. The van der Waals surface area contributed by atoms with Gasteiger partial charge < -0.3 is 0 Å². The van der Waals surface area contributed by atoms with E-state index in [1.165, 1.54) is 0 Å². The van der Waals surface area contributed by atoms with Gasteiger partial charge in [0.2, 0.25) is 0 Å². The molecule has 0 aromatic carbocycles. The van der Waals surface area contributed by atoms with Gasteiger partial charge >= 0.3 is 0 Å². The molecule has 2 atom stereocenters. The van der Waals surface area contributed by atoms with Gasteiger partial charge in [-0.05, 0) is 6.42 Å². The summed E-state index contributed by atoms with van der Waals surface area (Å²) < 4.78 is 1.85. The fourth-order valence-corrected chi connectivity index (χ4v) is 2.49. The Hall–Kier alpha value is -0.0200. The number of hydrogen-bond donors (Lipinski definition) is 0. The maximum Gasteiger partial charge on any atom is 0.0820 e. The quantitative estimate of drug-likeness (QED) is 0.767. The summed E-state index contributed by atoms with van der Waals surface area (Å²) >= 11 is 9.56. The van der Waals surface area contributed by atoms with Crippen LogP contribution in [-0.2, 0) is 7.05 Å². The van der Waals surface area contributed by atoms with Crippen LogP contribution < -0.4 is 0 Å². The molecule has 0 aliphatic carbocycles. The Labute approximate surface area is 92.4 Å². The van der Waals surface area contributed by atoms with Gasteiger partial charge in [0.15, 0.2) is 0 Å². The third-order valence-electron chi connectivity index (χ3n) is 2.08. The second-order valence-electron chi connectivity index (χ2n) is 3.42. The van der Waals surface area contributed by atoms with E-state index >= 15 is 0 Å². The molecule has 0 aliphatic heterocycles. The molecule has 0 saturated carbocycles. The Bertz CT molecular complexity index is 264. The predicted molar refractivity (Wildman–Crippen MR) is 59.6 cm³/mol. The van der Waals surface area contributed by atoms with Crippen LogP contribution in [0, 0.1) is 0 Å². The molecule has 0 aliphatic rings. The van der Waals surface area contributed by atoms with Gasteiger partial charge in [0, 0.05) is 17.8 Å². The highest BCUT2D eigenvalue weighted by atomic mass is 79.9. The molecule has 0 fully saturated rings. The van der Waals surface area contributed by atoms with Crippen LogP contribution in [0.15, 0.2) is 6.20 Å². The van der Waals surface area contributed by atoms with E-state index in [0.717, 1.165) is 17.1 Å². The maximum absolute atomic E-state index is 6.02. The first-order valence-electron chi connectivity index (χ1n) is 4.33. The van der Waals surface area contributed by atoms with E-state index in [2.05, 4.69) is 34.9 Å². The van der Waals surface area contributed by atoms with Crippen molar-refractivity contribution in [1.82, 2.24) is 9.78 Å². The number of aryl methyl sites for hydroxylation is 1. The Kier molecular flexibility index (Phi) is 3.80. The van der Waals surface area contributed by atoms with E-state index in [4.69, 9.17) is 11.6 Å². The molecule has 0 spiro atoms. The minimum Gasteiger partial charge on any atom is -0.271 e. The third-order valence-corrected chi connectivity index (χ3v) is 2.75. The summed E-state index contributed by atoms with van der Waals surface area (Å²) in [5.41, 5.74) is 1.12. The molecular weight excluding hydrogens is 251 g/mol. The highest BCUT2D eigenvalue weighted by molar-refractivity contribution is 9.09. The summed E-state index contributed by atoms with van der Waals surface area (Å²) in [6, 6.07) is 0. The van der Waals surface area contributed by atoms with E-state index in [0.29, 0.717) is 10.7 Å². The molecule has 4 heteroatoms. The van der Waals surface area contributed by atoms with Crippen molar-refractivity contribution in [3.05, 3.63) is 16.9 Å². The van der Waals surface area contributed by atoms with Gasteiger partial charge in [0.1, 0.15) is 0 Å². The summed E-state index contributed by atoms with van der Waals surface area (Å²) in [7, 11) is 1.93. The molecule has 1 rings (SSSR count). The van der Waals surface area contributed by atoms with Crippen LogP contribution in [0.5, 0.6) is 0 Å². The van der Waals surface area contributed by atoms with Crippen LogP contribution in [0.1, 0.15) is 31.9 Å². The molecule has 1 aromatic heterocycles. The van der Waals surface area contributed by atoms with Gasteiger partial charge in [-0.25, -0.2) is 0 Å². The van der Waals surface area contributed by atoms with Crippen molar-refractivity contribution in [2.75, 3.05) is 0 Å². The monoisotopic (exact) mass is 264 g/mol. The Morgan fingerprint density at radius 1 is 1.62 bits per heavy atom. The number of rotatable bonds is 3. The molecule has 13 heavy (non-hydrogen) atoms. The fraction of sp³-hybridized carbons (Fsp3) is 0.667. The molecule has 0 saturated heterocycles. The van der Waals surface area contributed by atoms with Gasteiger partial charge in [-0.3, -0.25) is 4.68 Å². The minimum atomic E-state index is 0.439. The summed E-state index contributed by atoms with van der Waals surface area (Å²) in [6.07, 6.45) is 2.77. The number of nitrogens with zero attached hydrogens (tertiary/aromatic N) is 2. The van der Waals surface area contributed by atoms with Crippen molar-refractivity contribution >= 4 is 27.5 Å². The van der Waals surface area contributed by atoms with Gasteiger partial charge in [0.25, 0.3) is 0 Å². The van der Waals surface area contributed by atoms with Crippen molar-refractivity contribution in [1.29, 1.82) is 0 Å². The molecule has 0 bridgehead atoms. The van der Waals surface area contributed by atoms with Crippen molar-refractivity contribution in [2.24, 2.45) is 7.05 Å². The lowest BCUT2D eigenvalue weighted by Crippen LogP contribution is -2.06. The lowest BCUT2D eigenvalue weighted by Gasteiger charge is -2.13. The molecule has 2 nitrogen and oxygen atoms in total. The summed E-state index contributed by atoms with van der Waals surface area (Å²) in [6.45, 7) is 4.31. The summed E-state index contributed by atoms with van der Waals surface area (Å²) in [5, 5.41) is 4.88. The van der Waals surface area contributed by atoms with Crippen molar-refractivity contribution in [3.63, 3.8) is 0 Å². The molecule has 0 radical (unpaired) electrons. The number of alkyl halides is 1. The SMILES string of the molecule is CC(Br)CC(C)c1c(Cl)cnn1C.